The summed E-state index contributed by atoms with van der Waals surface area (Å²) < 4.78 is 39.8. The monoisotopic (exact) mass is 305 g/mol. The molecule has 0 aromatic heterocycles. The standard InChI is InChI=1S/C10H11ClF3NO2.ClH/c11-7-1-6(2-8(15)5-16)3-9(4-7)17-10(12,13)14;/h1,3-4,8,16H,2,5,15H2;1H. The van der Waals surface area contributed by atoms with E-state index in [-0.39, 0.29) is 30.5 Å². The van der Waals surface area contributed by atoms with Gasteiger partial charge in [0.15, 0.2) is 0 Å². The second kappa shape index (κ2) is 7.04. The Bertz CT molecular complexity index is 388. The molecule has 1 rings (SSSR count). The number of hydrogen-bond acceptors (Lipinski definition) is 3. The molecule has 0 aliphatic heterocycles. The molecule has 1 atom stereocenters. The summed E-state index contributed by atoms with van der Waals surface area (Å²) in [5.74, 6) is -0.398. The zero-order chi connectivity index (χ0) is 13.1. The maximum Gasteiger partial charge on any atom is 0.573 e. The second-order valence-electron chi connectivity index (χ2n) is 3.49. The molecular weight excluding hydrogens is 294 g/mol. The first-order valence-electron chi connectivity index (χ1n) is 4.72. The van der Waals surface area contributed by atoms with Crippen LogP contribution in [0.3, 0.4) is 0 Å². The average Bonchev–Trinajstić information content (AvgIpc) is 2.13. The summed E-state index contributed by atoms with van der Waals surface area (Å²) in [4.78, 5) is 0. The smallest absolute Gasteiger partial charge is 0.406 e. The molecule has 0 saturated heterocycles. The van der Waals surface area contributed by atoms with Gasteiger partial charge in [-0.3, -0.25) is 0 Å². The van der Waals surface area contributed by atoms with Gasteiger partial charge in [-0.05, 0) is 30.2 Å². The summed E-state index contributed by atoms with van der Waals surface area (Å²) in [6.45, 7) is -0.262. The Labute approximate surface area is 113 Å². The molecule has 0 amide bonds. The molecule has 3 nitrogen and oxygen atoms in total. The van der Waals surface area contributed by atoms with Gasteiger partial charge < -0.3 is 15.6 Å². The van der Waals surface area contributed by atoms with E-state index in [1.165, 1.54) is 12.1 Å². The summed E-state index contributed by atoms with van der Waals surface area (Å²) >= 11 is 5.65. The first kappa shape index (κ1) is 17.3. The van der Waals surface area contributed by atoms with Crippen LogP contribution in [0.2, 0.25) is 5.02 Å². The first-order valence-corrected chi connectivity index (χ1v) is 5.09. The predicted molar refractivity (Wildman–Crippen MR) is 64.1 cm³/mol. The quantitative estimate of drug-likeness (QED) is 0.899. The van der Waals surface area contributed by atoms with Crippen LogP contribution in [0.4, 0.5) is 13.2 Å². The predicted octanol–water partition coefficient (Wildman–Crippen LogP) is 2.52. The van der Waals surface area contributed by atoms with Crippen LogP contribution >= 0.6 is 24.0 Å². The minimum Gasteiger partial charge on any atom is -0.406 e. The fourth-order valence-corrected chi connectivity index (χ4v) is 1.55. The van der Waals surface area contributed by atoms with E-state index in [1.54, 1.807) is 0 Å². The van der Waals surface area contributed by atoms with Crippen molar-refractivity contribution in [2.75, 3.05) is 6.61 Å². The molecule has 0 radical (unpaired) electrons. The van der Waals surface area contributed by atoms with Gasteiger partial charge in [-0.1, -0.05) is 11.6 Å². The third kappa shape index (κ3) is 6.30. The van der Waals surface area contributed by atoms with Gasteiger partial charge in [0.25, 0.3) is 0 Å². The SMILES string of the molecule is Cl.NC(CO)Cc1cc(Cl)cc(OC(F)(F)F)c1. The first-order chi connectivity index (χ1) is 7.80. The Balaban J connectivity index is 0.00000289. The van der Waals surface area contributed by atoms with Crippen LogP contribution in [0, 0.1) is 0 Å². The van der Waals surface area contributed by atoms with Crippen molar-refractivity contribution in [3.63, 3.8) is 0 Å². The molecule has 1 unspecified atom stereocenters. The highest BCUT2D eigenvalue weighted by Crippen LogP contribution is 2.27. The number of aliphatic hydroxyl groups is 1. The molecule has 0 aliphatic rings. The molecular formula is C10H12Cl2F3NO2. The minimum absolute atomic E-state index is 0. The van der Waals surface area contributed by atoms with E-state index < -0.39 is 18.2 Å². The van der Waals surface area contributed by atoms with Crippen LogP contribution in [0.5, 0.6) is 5.75 Å². The zero-order valence-electron chi connectivity index (χ0n) is 9.08. The Hall–Kier alpha value is -0.690. The molecule has 3 N–H and O–H groups in total. The van der Waals surface area contributed by atoms with Crippen molar-refractivity contribution in [2.24, 2.45) is 5.73 Å². The minimum atomic E-state index is -4.76. The molecule has 0 bridgehead atoms. The highest BCUT2D eigenvalue weighted by Gasteiger charge is 2.31. The summed E-state index contributed by atoms with van der Waals surface area (Å²) in [7, 11) is 0. The number of aliphatic hydroxyl groups excluding tert-OH is 1. The van der Waals surface area contributed by atoms with Crippen molar-refractivity contribution in [2.45, 2.75) is 18.8 Å². The lowest BCUT2D eigenvalue weighted by Crippen LogP contribution is -2.26. The molecule has 0 aliphatic carbocycles. The lowest BCUT2D eigenvalue weighted by atomic mass is 10.1. The van der Waals surface area contributed by atoms with E-state index in [4.69, 9.17) is 22.4 Å². The number of ether oxygens (including phenoxy) is 1. The molecule has 0 fully saturated rings. The van der Waals surface area contributed by atoms with Crippen molar-refractivity contribution in [3.05, 3.63) is 28.8 Å². The molecule has 104 valence electrons. The highest BCUT2D eigenvalue weighted by molar-refractivity contribution is 6.30. The average molecular weight is 306 g/mol. The Kier molecular flexibility index (Phi) is 6.77. The number of nitrogens with two attached hydrogens (primary N) is 1. The second-order valence-corrected chi connectivity index (χ2v) is 3.93. The van der Waals surface area contributed by atoms with E-state index in [0.29, 0.717) is 5.56 Å². The number of hydrogen-bond donors (Lipinski definition) is 2. The van der Waals surface area contributed by atoms with Gasteiger partial charge in [-0.25, -0.2) is 0 Å². The van der Waals surface area contributed by atoms with Crippen LogP contribution in [0.15, 0.2) is 18.2 Å². The van der Waals surface area contributed by atoms with Gasteiger partial charge in [0.1, 0.15) is 5.75 Å². The number of rotatable bonds is 4. The third-order valence-electron chi connectivity index (χ3n) is 1.90. The molecule has 0 saturated carbocycles. The largest absolute Gasteiger partial charge is 0.573 e. The van der Waals surface area contributed by atoms with Crippen LogP contribution in [-0.4, -0.2) is 24.1 Å². The third-order valence-corrected chi connectivity index (χ3v) is 2.12. The molecule has 0 heterocycles. The fourth-order valence-electron chi connectivity index (χ4n) is 1.30. The van der Waals surface area contributed by atoms with Gasteiger partial charge in [0.05, 0.1) is 6.61 Å². The van der Waals surface area contributed by atoms with E-state index >= 15 is 0 Å². The number of halogens is 5. The van der Waals surface area contributed by atoms with Gasteiger partial charge in [0.2, 0.25) is 0 Å². The lowest BCUT2D eigenvalue weighted by molar-refractivity contribution is -0.274. The zero-order valence-corrected chi connectivity index (χ0v) is 10.6. The summed E-state index contributed by atoms with van der Waals surface area (Å²) in [6, 6.07) is 3.17. The van der Waals surface area contributed by atoms with Crippen molar-refractivity contribution >= 4 is 24.0 Å². The van der Waals surface area contributed by atoms with E-state index in [9.17, 15) is 13.2 Å². The summed E-state index contributed by atoms with van der Waals surface area (Å²) in [5.41, 5.74) is 5.95. The van der Waals surface area contributed by atoms with Crippen molar-refractivity contribution < 1.29 is 23.0 Å². The summed E-state index contributed by atoms with van der Waals surface area (Å²) in [5, 5.41) is 8.87. The Morgan fingerprint density at radius 2 is 1.94 bits per heavy atom. The van der Waals surface area contributed by atoms with Gasteiger partial charge >= 0.3 is 6.36 Å². The number of alkyl halides is 3. The van der Waals surface area contributed by atoms with Crippen molar-refractivity contribution in [1.82, 2.24) is 0 Å². The Morgan fingerprint density at radius 3 is 2.44 bits per heavy atom. The fraction of sp³-hybridized carbons (Fsp3) is 0.400. The van der Waals surface area contributed by atoms with E-state index in [2.05, 4.69) is 4.74 Å². The number of benzene rings is 1. The maximum atomic E-state index is 12.0. The maximum absolute atomic E-state index is 12.0. The summed E-state index contributed by atoms with van der Waals surface area (Å²) in [6.07, 6.45) is -4.55. The molecule has 8 heteroatoms. The highest BCUT2D eigenvalue weighted by atomic mass is 35.5. The van der Waals surface area contributed by atoms with Crippen LogP contribution < -0.4 is 10.5 Å². The van der Waals surface area contributed by atoms with Gasteiger partial charge in [-0.2, -0.15) is 0 Å². The Morgan fingerprint density at radius 1 is 1.33 bits per heavy atom. The van der Waals surface area contributed by atoms with Crippen LogP contribution in [-0.2, 0) is 6.42 Å². The molecule has 1 aromatic carbocycles. The van der Waals surface area contributed by atoms with Gasteiger partial charge in [-0.15, -0.1) is 25.6 Å². The molecule has 0 spiro atoms. The van der Waals surface area contributed by atoms with Crippen LogP contribution in [0.1, 0.15) is 5.56 Å². The van der Waals surface area contributed by atoms with Crippen molar-refractivity contribution in [1.29, 1.82) is 0 Å². The van der Waals surface area contributed by atoms with E-state index in [0.717, 1.165) is 6.07 Å². The van der Waals surface area contributed by atoms with Gasteiger partial charge in [0, 0.05) is 11.1 Å². The lowest BCUT2D eigenvalue weighted by Gasteiger charge is -2.12. The topological polar surface area (TPSA) is 55.5 Å². The van der Waals surface area contributed by atoms with Crippen molar-refractivity contribution in [3.8, 4) is 5.75 Å². The molecule has 1 aromatic rings. The molecule has 18 heavy (non-hydrogen) atoms. The van der Waals surface area contributed by atoms with E-state index in [1.807, 2.05) is 0 Å². The van der Waals surface area contributed by atoms with Crippen LogP contribution in [0.25, 0.3) is 0 Å². The normalized spacial score (nSPS) is 12.8.